The Kier molecular flexibility index (Phi) is 5.76. The van der Waals surface area contributed by atoms with Crippen molar-refractivity contribution in [1.82, 2.24) is 20.4 Å². The molecule has 0 atom stereocenters. The summed E-state index contributed by atoms with van der Waals surface area (Å²) in [6, 6.07) is 3.26. The molecule has 7 nitrogen and oxygen atoms in total. The monoisotopic (exact) mass is 378 g/mol. The molecular formula is C18H23ClN4O3. The number of carbonyl (C=O) groups excluding carboxylic acids is 1. The van der Waals surface area contributed by atoms with E-state index in [1.807, 2.05) is 6.92 Å². The van der Waals surface area contributed by atoms with E-state index in [9.17, 15) is 4.79 Å². The molecule has 2 aromatic rings. The van der Waals surface area contributed by atoms with Crippen LogP contribution in [0.3, 0.4) is 0 Å². The largest absolute Gasteiger partial charge is 0.478 e. The van der Waals surface area contributed by atoms with Crippen LogP contribution in [-0.2, 0) is 5.54 Å². The number of carbonyl (C=O) groups is 1. The van der Waals surface area contributed by atoms with Crippen LogP contribution in [0.2, 0.25) is 5.02 Å². The maximum atomic E-state index is 13.0. The summed E-state index contributed by atoms with van der Waals surface area (Å²) >= 11 is 6.21. The minimum Gasteiger partial charge on any atom is -0.478 e. The zero-order chi connectivity index (χ0) is 18.6. The SMILES string of the molecule is CCOc1ccc(Cl)c(C(=O)NC2(c3noc(C)n3)CCCCCC2)n1. The maximum absolute atomic E-state index is 13.0. The molecule has 1 N–H and O–H groups in total. The third-order valence-corrected chi connectivity index (χ3v) is 4.90. The Morgan fingerprint density at radius 2 is 2.00 bits per heavy atom. The maximum Gasteiger partial charge on any atom is 0.272 e. The first kappa shape index (κ1) is 18.6. The van der Waals surface area contributed by atoms with Crippen LogP contribution in [0.15, 0.2) is 16.7 Å². The highest BCUT2D eigenvalue weighted by Gasteiger charge is 2.39. The predicted octanol–water partition coefficient (Wildman–Crippen LogP) is 3.80. The van der Waals surface area contributed by atoms with E-state index in [1.54, 1.807) is 19.1 Å². The molecule has 1 saturated carbocycles. The molecule has 8 heteroatoms. The van der Waals surface area contributed by atoms with Crippen LogP contribution in [-0.4, -0.2) is 27.6 Å². The number of nitrogens with zero attached hydrogens (tertiary/aromatic N) is 3. The molecule has 3 rings (SSSR count). The second-order valence-corrected chi connectivity index (χ2v) is 6.91. The summed E-state index contributed by atoms with van der Waals surface area (Å²) < 4.78 is 10.6. The van der Waals surface area contributed by atoms with Gasteiger partial charge in [-0.1, -0.05) is 42.4 Å². The van der Waals surface area contributed by atoms with Crippen LogP contribution >= 0.6 is 11.6 Å². The number of aryl methyl sites for hydroxylation is 1. The van der Waals surface area contributed by atoms with E-state index in [0.29, 0.717) is 24.2 Å². The lowest BCUT2D eigenvalue weighted by Crippen LogP contribution is -2.46. The second kappa shape index (κ2) is 8.03. The molecule has 2 heterocycles. The molecule has 140 valence electrons. The van der Waals surface area contributed by atoms with Gasteiger partial charge in [0, 0.05) is 13.0 Å². The van der Waals surface area contributed by atoms with Gasteiger partial charge < -0.3 is 14.6 Å². The number of hydrogen-bond donors (Lipinski definition) is 1. The Morgan fingerprint density at radius 3 is 2.62 bits per heavy atom. The second-order valence-electron chi connectivity index (χ2n) is 6.50. The molecule has 26 heavy (non-hydrogen) atoms. The number of amides is 1. The van der Waals surface area contributed by atoms with Crippen LogP contribution in [0.5, 0.6) is 5.88 Å². The number of nitrogens with one attached hydrogen (secondary N) is 1. The van der Waals surface area contributed by atoms with Crippen molar-refractivity contribution in [1.29, 1.82) is 0 Å². The van der Waals surface area contributed by atoms with Gasteiger partial charge in [-0.2, -0.15) is 4.98 Å². The first-order valence-electron chi connectivity index (χ1n) is 8.97. The molecule has 1 aliphatic carbocycles. The fraction of sp³-hybridized carbons (Fsp3) is 0.556. The highest BCUT2D eigenvalue weighted by Crippen LogP contribution is 2.35. The summed E-state index contributed by atoms with van der Waals surface area (Å²) in [7, 11) is 0. The van der Waals surface area contributed by atoms with Crippen molar-refractivity contribution >= 4 is 17.5 Å². The number of ether oxygens (including phenoxy) is 1. The molecule has 0 bridgehead atoms. The van der Waals surface area contributed by atoms with Crippen molar-refractivity contribution < 1.29 is 14.1 Å². The van der Waals surface area contributed by atoms with Gasteiger partial charge in [0.15, 0.2) is 11.5 Å². The molecule has 0 saturated heterocycles. The minimum absolute atomic E-state index is 0.140. The predicted molar refractivity (Wildman–Crippen MR) is 96.3 cm³/mol. The summed E-state index contributed by atoms with van der Waals surface area (Å²) in [4.78, 5) is 21.6. The smallest absolute Gasteiger partial charge is 0.272 e. The van der Waals surface area contributed by atoms with Crippen LogP contribution < -0.4 is 10.1 Å². The summed E-state index contributed by atoms with van der Waals surface area (Å²) in [5.74, 6) is 1.00. The standard InChI is InChI=1S/C18H23ClN4O3/c1-3-25-14-9-8-13(19)15(21-14)16(24)22-18(10-6-4-5-7-11-18)17-20-12(2)26-23-17/h8-9H,3-7,10-11H2,1-2H3,(H,22,24). The molecule has 0 unspecified atom stereocenters. The number of rotatable bonds is 5. The Bertz CT molecular complexity index is 770. The molecule has 0 spiro atoms. The Morgan fingerprint density at radius 1 is 1.27 bits per heavy atom. The molecule has 0 aromatic carbocycles. The van der Waals surface area contributed by atoms with Crippen LogP contribution in [0.1, 0.15) is 67.7 Å². The zero-order valence-electron chi connectivity index (χ0n) is 15.0. The molecular weight excluding hydrogens is 356 g/mol. The van der Waals surface area contributed by atoms with Gasteiger partial charge in [0.05, 0.1) is 11.6 Å². The van der Waals surface area contributed by atoms with Crippen LogP contribution in [0.4, 0.5) is 0 Å². The number of aromatic nitrogens is 3. The first-order chi connectivity index (χ1) is 12.5. The summed E-state index contributed by atoms with van der Waals surface area (Å²) in [5, 5.41) is 7.47. The van der Waals surface area contributed by atoms with Gasteiger partial charge in [0.2, 0.25) is 11.8 Å². The van der Waals surface area contributed by atoms with E-state index in [2.05, 4.69) is 20.4 Å². The third-order valence-electron chi connectivity index (χ3n) is 4.59. The molecule has 1 fully saturated rings. The lowest BCUT2D eigenvalue weighted by molar-refractivity contribution is 0.0870. The molecule has 0 radical (unpaired) electrons. The normalized spacial score (nSPS) is 16.7. The van der Waals surface area contributed by atoms with Gasteiger partial charge in [-0.3, -0.25) is 4.79 Å². The van der Waals surface area contributed by atoms with Gasteiger partial charge in [-0.25, -0.2) is 4.98 Å². The lowest BCUT2D eigenvalue weighted by atomic mass is 9.89. The Hall–Kier alpha value is -2.15. The van der Waals surface area contributed by atoms with Gasteiger partial charge in [0.25, 0.3) is 5.91 Å². The topological polar surface area (TPSA) is 90.1 Å². The van der Waals surface area contributed by atoms with Crippen molar-refractivity contribution in [2.24, 2.45) is 0 Å². The Balaban J connectivity index is 1.91. The fourth-order valence-electron chi connectivity index (χ4n) is 3.32. The summed E-state index contributed by atoms with van der Waals surface area (Å²) in [6.45, 7) is 4.06. The summed E-state index contributed by atoms with van der Waals surface area (Å²) in [6.07, 6.45) is 5.70. The van der Waals surface area contributed by atoms with Crippen molar-refractivity contribution in [2.75, 3.05) is 6.61 Å². The quantitative estimate of drug-likeness (QED) is 0.795. The van der Waals surface area contributed by atoms with Crippen molar-refractivity contribution in [3.63, 3.8) is 0 Å². The molecule has 1 amide bonds. The van der Waals surface area contributed by atoms with E-state index in [1.165, 1.54) is 0 Å². The molecule has 0 aliphatic heterocycles. The van der Waals surface area contributed by atoms with E-state index in [-0.39, 0.29) is 16.6 Å². The fourth-order valence-corrected chi connectivity index (χ4v) is 3.51. The van der Waals surface area contributed by atoms with Gasteiger partial charge in [-0.15, -0.1) is 0 Å². The van der Waals surface area contributed by atoms with Gasteiger partial charge in [-0.05, 0) is 25.8 Å². The lowest BCUT2D eigenvalue weighted by Gasteiger charge is -2.30. The highest BCUT2D eigenvalue weighted by molar-refractivity contribution is 6.33. The van der Waals surface area contributed by atoms with Crippen molar-refractivity contribution in [3.05, 3.63) is 34.6 Å². The van der Waals surface area contributed by atoms with Gasteiger partial charge in [0.1, 0.15) is 5.54 Å². The van der Waals surface area contributed by atoms with E-state index in [0.717, 1.165) is 38.5 Å². The number of pyridine rings is 1. The molecule has 1 aliphatic rings. The number of halogens is 1. The minimum atomic E-state index is -0.669. The molecule has 2 aromatic heterocycles. The van der Waals surface area contributed by atoms with Gasteiger partial charge >= 0.3 is 0 Å². The number of hydrogen-bond acceptors (Lipinski definition) is 6. The Labute approximate surface area is 157 Å². The summed E-state index contributed by atoms with van der Waals surface area (Å²) in [5.41, 5.74) is -0.528. The first-order valence-corrected chi connectivity index (χ1v) is 9.34. The van der Waals surface area contributed by atoms with Crippen LogP contribution in [0, 0.1) is 6.92 Å². The van der Waals surface area contributed by atoms with E-state index in [4.69, 9.17) is 20.9 Å². The third kappa shape index (κ3) is 3.98. The van der Waals surface area contributed by atoms with E-state index < -0.39 is 5.54 Å². The highest BCUT2D eigenvalue weighted by atomic mass is 35.5. The van der Waals surface area contributed by atoms with Crippen LogP contribution in [0.25, 0.3) is 0 Å². The average Bonchev–Trinajstić information content (AvgIpc) is 2.92. The van der Waals surface area contributed by atoms with Crippen molar-refractivity contribution in [3.8, 4) is 5.88 Å². The van der Waals surface area contributed by atoms with E-state index >= 15 is 0 Å². The average molecular weight is 379 g/mol. The van der Waals surface area contributed by atoms with Crippen molar-refractivity contribution in [2.45, 2.75) is 57.9 Å². The zero-order valence-corrected chi connectivity index (χ0v) is 15.8.